The predicted octanol–water partition coefficient (Wildman–Crippen LogP) is 0.385. The number of rotatable bonds is 4. The largest absolute Gasteiger partial charge is 0.349 e. The normalized spacial score (nSPS) is 15.6. The second-order valence-corrected chi connectivity index (χ2v) is 5.06. The van der Waals surface area contributed by atoms with Crippen molar-refractivity contribution in [2.45, 2.75) is 0 Å². The summed E-state index contributed by atoms with van der Waals surface area (Å²) in [6.07, 6.45) is 4.56. The van der Waals surface area contributed by atoms with Crippen LogP contribution in [0.25, 0.3) is 0 Å². The Labute approximate surface area is 124 Å². The van der Waals surface area contributed by atoms with Gasteiger partial charge >= 0.3 is 0 Å². The number of pyridine rings is 1. The molecule has 0 atom stereocenters. The number of carbonyl (C=O) groups is 2. The number of hydrogen-bond donors (Lipinski definition) is 1. The standard InChI is InChI=1S/C15H20N4O2/c1-3-4-17-14(20)12-9-13(11-16-10-12)15(21)19-7-5-18(2)6-8-19/h3,9-11H,1,4-8H2,2H3,(H,17,20). The maximum atomic E-state index is 12.4. The zero-order chi connectivity index (χ0) is 15.2. The fourth-order valence-electron chi connectivity index (χ4n) is 2.14. The third-order valence-corrected chi connectivity index (χ3v) is 3.44. The van der Waals surface area contributed by atoms with Crippen molar-refractivity contribution in [2.24, 2.45) is 0 Å². The minimum Gasteiger partial charge on any atom is -0.349 e. The van der Waals surface area contributed by atoms with Crippen molar-refractivity contribution >= 4 is 11.8 Å². The fraction of sp³-hybridized carbons (Fsp3) is 0.400. The highest BCUT2D eigenvalue weighted by Gasteiger charge is 2.21. The minimum absolute atomic E-state index is 0.0750. The number of likely N-dealkylation sites (N-methyl/N-ethyl adjacent to an activating group) is 1. The molecule has 1 saturated heterocycles. The maximum absolute atomic E-state index is 12.4. The molecule has 0 unspecified atom stereocenters. The highest BCUT2D eigenvalue weighted by Crippen LogP contribution is 2.09. The van der Waals surface area contributed by atoms with Crippen LogP contribution in [0.2, 0.25) is 0 Å². The average molecular weight is 288 g/mol. The average Bonchev–Trinajstić information content (AvgIpc) is 2.52. The topological polar surface area (TPSA) is 65.5 Å². The van der Waals surface area contributed by atoms with E-state index in [4.69, 9.17) is 0 Å². The number of nitrogens with zero attached hydrogens (tertiary/aromatic N) is 3. The zero-order valence-electron chi connectivity index (χ0n) is 12.2. The molecular weight excluding hydrogens is 268 g/mol. The Kier molecular flexibility index (Phi) is 5.05. The summed E-state index contributed by atoms with van der Waals surface area (Å²) in [5.74, 6) is -0.329. The third kappa shape index (κ3) is 3.88. The second kappa shape index (κ2) is 6.99. The first-order valence-electron chi connectivity index (χ1n) is 6.94. The van der Waals surface area contributed by atoms with Gasteiger partial charge in [0.25, 0.3) is 11.8 Å². The van der Waals surface area contributed by atoms with Crippen LogP contribution in [0.15, 0.2) is 31.1 Å². The molecule has 1 aromatic rings. The summed E-state index contributed by atoms with van der Waals surface area (Å²) in [5.41, 5.74) is 0.836. The lowest BCUT2D eigenvalue weighted by molar-refractivity contribution is 0.0663. The Hall–Kier alpha value is -2.21. The SMILES string of the molecule is C=CCNC(=O)c1cncc(C(=O)N2CCN(C)CC2)c1. The van der Waals surface area contributed by atoms with Gasteiger partial charge in [-0.25, -0.2) is 0 Å². The number of carbonyl (C=O) groups excluding carboxylic acids is 2. The molecule has 1 aliphatic heterocycles. The molecule has 1 N–H and O–H groups in total. The van der Waals surface area contributed by atoms with Gasteiger partial charge in [-0.05, 0) is 13.1 Å². The summed E-state index contributed by atoms with van der Waals surface area (Å²) in [5, 5.41) is 2.67. The number of amides is 2. The van der Waals surface area contributed by atoms with Crippen LogP contribution >= 0.6 is 0 Å². The minimum atomic E-state index is -0.254. The van der Waals surface area contributed by atoms with Gasteiger partial charge in [-0.15, -0.1) is 6.58 Å². The Morgan fingerprint density at radius 2 is 1.95 bits per heavy atom. The molecule has 0 aromatic carbocycles. The number of piperazine rings is 1. The molecule has 21 heavy (non-hydrogen) atoms. The van der Waals surface area contributed by atoms with Crippen molar-refractivity contribution in [1.82, 2.24) is 20.1 Å². The van der Waals surface area contributed by atoms with Crippen LogP contribution < -0.4 is 5.32 Å². The monoisotopic (exact) mass is 288 g/mol. The molecule has 0 aliphatic carbocycles. The van der Waals surface area contributed by atoms with E-state index in [0.29, 0.717) is 30.8 Å². The molecule has 0 bridgehead atoms. The van der Waals surface area contributed by atoms with Crippen molar-refractivity contribution in [3.63, 3.8) is 0 Å². The van der Waals surface area contributed by atoms with Crippen LogP contribution in [0.5, 0.6) is 0 Å². The lowest BCUT2D eigenvalue weighted by Gasteiger charge is -2.32. The summed E-state index contributed by atoms with van der Waals surface area (Å²) in [7, 11) is 2.04. The van der Waals surface area contributed by atoms with E-state index in [9.17, 15) is 9.59 Å². The molecule has 6 nitrogen and oxygen atoms in total. The van der Waals surface area contributed by atoms with Gasteiger partial charge in [0, 0.05) is 45.1 Å². The van der Waals surface area contributed by atoms with Gasteiger partial charge in [0.05, 0.1) is 11.1 Å². The first-order valence-corrected chi connectivity index (χ1v) is 6.94. The highest BCUT2D eigenvalue weighted by atomic mass is 16.2. The number of aromatic nitrogens is 1. The predicted molar refractivity (Wildman–Crippen MR) is 80.2 cm³/mol. The molecule has 1 fully saturated rings. The van der Waals surface area contributed by atoms with Gasteiger partial charge in [0.1, 0.15) is 0 Å². The third-order valence-electron chi connectivity index (χ3n) is 3.44. The van der Waals surface area contributed by atoms with Crippen molar-refractivity contribution in [3.8, 4) is 0 Å². The van der Waals surface area contributed by atoms with Crippen LogP contribution in [0.4, 0.5) is 0 Å². The summed E-state index contributed by atoms with van der Waals surface area (Å²) in [6, 6.07) is 1.59. The van der Waals surface area contributed by atoms with Crippen LogP contribution in [-0.2, 0) is 0 Å². The fourth-order valence-corrected chi connectivity index (χ4v) is 2.14. The first-order chi connectivity index (χ1) is 10.1. The zero-order valence-corrected chi connectivity index (χ0v) is 12.2. The van der Waals surface area contributed by atoms with Crippen molar-refractivity contribution in [3.05, 3.63) is 42.2 Å². The molecule has 2 rings (SSSR count). The van der Waals surface area contributed by atoms with Crippen LogP contribution in [0, 0.1) is 0 Å². The Bertz CT molecular complexity index is 536. The van der Waals surface area contributed by atoms with E-state index in [-0.39, 0.29) is 11.8 Å². The quantitative estimate of drug-likeness (QED) is 0.814. The van der Waals surface area contributed by atoms with Gasteiger partial charge in [0.15, 0.2) is 0 Å². The van der Waals surface area contributed by atoms with Crippen molar-refractivity contribution in [1.29, 1.82) is 0 Å². The molecule has 1 aromatic heterocycles. The molecule has 0 radical (unpaired) electrons. The van der Waals surface area contributed by atoms with Crippen LogP contribution in [0.3, 0.4) is 0 Å². The van der Waals surface area contributed by atoms with E-state index in [1.807, 2.05) is 7.05 Å². The van der Waals surface area contributed by atoms with Gasteiger partial charge in [0.2, 0.25) is 0 Å². The first kappa shape index (κ1) is 15.2. The lowest BCUT2D eigenvalue weighted by Crippen LogP contribution is -2.47. The highest BCUT2D eigenvalue weighted by molar-refractivity contribution is 5.99. The molecule has 6 heteroatoms. The van der Waals surface area contributed by atoms with E-state index in [2.05, 4.69) is 21.8 Å². The van der Waals surface area contributed by atoms with E-state index >= 15 is 0 Å². The molecule has 0 saturated carbocycles. The summed E-state index contributed by atoms with van der Waals surface area (Å²) < 4.78 is 0. The van der Waals surface area contributed by atoms with Crippen molar-refractivity contribution in [2.75, 3.05) is 39.8 Å². The van der Waals surface area contributed by atoms with Crippen LogP contribution in [0.1, 0.15) is 20.7 Å². The van der Waals surface area contributed by atoms with Gasteiger partial charge in [-0.3, -0.25) is 14.6 Å². The summed E-state index contributed by atoms with van der Waals surface area (Å²) in [6.45, 7) is 7.04. The molecule has 0 spiro atoms. The van der Waals surface area contributed by atoms with E-state index in [1.165, 1.54) is 12.4 Å². The molecule has 2 heterocycles. The van der Waals surface area contributed by atoms with Gasteiger partial charge in [-0.2, -0.15) is 0 Å². The molecule has 2 amide bonds. The van der Waals surface area contributed by atoms with Gasteiger partial charge < -0.3 is 15.1 Å². The molecule has 112 valence electrons. The van der Waals surface area contributed by atoms with Crippen LogP contribution in [-0.4, -0.2) is 66.4 Å². The Balaban J connectivity index is 2.07. The van der Waals surface area contributed by atoms with E-state index in [0.717, 1.165) is 13.1 Å². The molecular formula is C15H20N4O2. The lowest BCUT2D eigenvalue weighted by atomic mass is 10.1. The Morgan fingerprint density at radius 1 is 1.29 bits per heavy atom. The van der Waals surface area contributed by atoms with E-state index < -0.39 is 0 Å². The molecule has 1 aliphatic rings. The summed E-state index contributed by atoms with van der Waals surface area (Å²) >= 11 is 0. The number of hydrogen-bond acceptors (Lipinski definition) is 4. The maximum Gasteiger partial charge on any atom is 0.255 e. The Morgan fingerprint density at radius 3 is 2.62 bits per heavy atom. The number of nitrogens with one attached hydrogen (secondary N) is 1. The smallest absolute Gasteiger partial charge is 0.255 e. The summed E-state index contributed by atoms with van der Waals surface area (Å²) in [4.78, 5) is 32.3. The second-order valence-electron chi connectivity index (χ2n) is 5.06. The van der Waals surface area contributed by atoms with Crippen molar-refractivity contribution < 1.29 is 9.59 Å². The van der Waals surface area contributed by atoms with E-state index in [1.54, 1.807) is 17.0 Å². The van der Waals surface area contributed by atoms with Gasteiger partial charge in [-0.1, -0.05) is 6.08 Å².